The number of carboxylic acid groups (broad SMARTS) is 1. The van der Waals surface area contributed by atoms with Crippen LogP contribution in [0.1, 0.15) is 49.3 Å². The van der Waals surface area contributed by atoms with E-state index in [1.54, 1.807) is 13.2 Å². The van der Waals surface area contributed by atoms with Gasteiger partial charge in [-0.3, -0.25) is 0 Å². The lowest BCUT2D eigenvalue weighted by Crippen LogP contribution is -2.00. The zero-order valence-corrected chi connectivity index (χ0v) is 15.8. The molecule has 0 amide bonds. The van der Waals surface area contributed by atoms with Crippen LogP contribution in [0.25, 0.3) is 6.08 Å². The van der Waals surface area contributed by atoms with Crippen LogP contribution in [0.4, 0.5) is 0 Å². The summed E-state index contributed by atoms with van der Waals surface area (Å²) in [5.74, 6) is 0.503. The van der Waals surface area contributed by atoms with E-state index in [9.17, 15) is 9.90 Å². The summed E-state index contributed by atoms with van der Waals surface area (Å²) < 4.78 is 10.8. The van der Waals surface area contributed by atoms with Gasteiger partial charge in [0.25, 0.3) is 5.22 Å². The summed E-state index contributed by atoms with van der Waals surface area (Å²) in [6.45, 7) is 7.95. The number of methoxy groups -OCH3 is 1. The van der Waals surface area contributed by atoms with Crippen molar-refractivity contribution < 1.29 is 19.1 Å². The standard InChI is InChI=1S/C18H22N2O4S/c1-6-16-19-20-18(24-16)25-15(17(21)22)9-12-8-13(10(2)3)14(23-5)7-11(12)4/h7-10H,6H2,1-5H3,(H,21,22)/b15-9-. The Morgan fingerprint density at radius 1 is 1.40 bits per heavy atom. The quantitative estimate of drug-likeness (QED) is 0.581. The van der Waals surface area contributed by atoms with Crippen LogP contribution in [0, 0.1) is 6.92 Å². The molecule has 1 N–H and O–H groups in total. The monoisotopic (exact) mass is 362 g/mol. The van der Waals surface area contributed by atoms with E-state index in [1.807, 2.05) is 26.0 Å². The Morgan fingerprint density at radius 2 is 2.12 bits per heavy atom. The Labute approximate surface area is 151 Å². The largest absolute Gasteiger partial charge is 0.496 e. The molecular formula is C18H22N2O4S. The summed E-state index contributed by atoms with van der Waals surface area (Å²) in [6, 6.07) is 3.89. The molecule has 2 aromatic rings. The van der Waals surface area contributed by atoms with Crippen LogP contribution < -0.4 is 4.74 Å². The molecule has 0 radical (unpaired) electrons. The molecule has 0 aliphatic rings. The van der Waals surface area contributed by atoms with E-state index in [1.165, 1.54) is 0 Å². The lowest BCUT2D eigenvalue weighted by molar-refractivity contribution is -0.131. The topological polar surface area (TPSA) is 85.5 Å². The second kappa shape index (κ2) is 8.20. The molecule has 0 fully saturated rings. The average molecular weight is 362 g/mol. The molecule has 6 nitrogen and oxygen atoms in total. The molecule has 134 valence electrons. The van der Waals surface area contributed by atoms with Crippen LogP contribution in [0.5, 0.6) is 5.75 Å². The Kier molecular flexibility index (Phi) is 6.25. The molecule has 0 atom stereocenters. The van der Waals surface area contributed by atoms with Gasteiger partial charge in [-0.15, -0.1) is 10.2 Å². The predicted molar refractivity (Wildman–Crippen MR) is 97.0 cm³/mol. The highest BCUT2D eigenvalue weighted by molar-refractivity contribution is 8.03. The smallest absolute Gasteiger partial charge is 0.342 e. The van der Waals surface area contributed by atoms with Crippen LogP contribution in [-0.4, -0.2) is 28.4 Å². The SMILES string of the molecule is CCc1nnc(S/C(=C\c2cc(C(C)C)c(OC)cc2C)C(=O)O)o1. The number of benzene rings is 1. The number of hydrogen-bond acceptors (Lipinski definition) is 6. The summed E-state index contributed by atoms with van der Waals surface area (Å²) in [5, 5.41) is 17.5. The Bertz CT molecular complexity index is 796. The minimum Gasteiger partial charge on any atom is -0.496 e. The van der Waals surface area contributed by atoms with E-state index in [0.29, 0.717) is 12.3 Å². The minimum atomic E-state index is -1.04. The maximum absolute atomic E-state index is 11.6. The molecule has 0 bridgehead atoms. The van der Waals surface area contributed by atoms with Gasteiger partial charge in [0.05, 0.1) is 7.11 Å². The molecule has 0 saturated heterocycles. The number of carbonyl (C=O) groups is 1. The minimum absolute atomic E-state index is 0.120. The first-order valence-corrected chi connectivity index (χ1v) is 8.81. The first-order chi connectivity index (χ1) is 11.8. The number of aromatic nitrogens is 2. The Balaban J connectivity index is 2.42. The maximum Gasteiger partial charge on any atom is 0.342 e. The summed E-state index contributed by atoms with van der Waals surface area (Å²) in [5.41, 5.74) is 2.78. The fourth-order valence-corrected chi connectivity index (χ4v) is 2.97. The molecule has 0 unspecified atom stereocenters. The number of carboxylic acids is 1. The lowest BCUT2D eigenvalue weighted by Gasteiger charge is -2.15. The van der Waals surface area contributed by atoms with Crippen molar-refractivity contribution in [2.45, 2.75) is 45.3 Å². The predicted octanol–water partition coefficient (Wildman–Crippen LogP) is 4.29. The lowest BCUT2D eigenvalue weighted by atomic mass is 9.96. The summed E-state index contributed by atoms with van der Waals surface area (Å²) in [4.78, 5) is 11.8. The Hall–Kier alpha value is -2.28. The third kappa shape index (κ3) is 4.63. The number of ether oxygens (including phenoxy) is 1. The van der Waals surface area contributed by atoms with Gasteiger partial charge >= 0.3 is 5.97 Å². The number of thioether (sulfide) groups is 1. The molecule has 0 spiro atoms. The molecule has 0 saturated carbocycles. The van der Waals surface area contributed by atoms with Crippen molar-refractivity contribution in [3.8, 4) is 5.75 Å². The molecule has 2 rings (SSSR count). The molecule has 1 aromatic carbocycles. The third-order valence-electron chi connectivity index (χ3n) is 3.69. The molecule has 0 aliphatic heterocycles. The number of aryl methyl sites for hydroxylation is 2. The number of rotatable bonds is 7. The first kappa shape index (κ1) is 19.1. The number of hydrogen-bond donors (Lipinski definition) is 1. The molecule has 1 aromatic heterocycles. The van der Waals surface area contributed by atoms with Gasteiger partial charge in [0.1, 0.15) is 10.7 Å². The van der Waals surface area contributed by atoms with Gasteiger partial charge in [-0.2, -0.15) is 0 Å². The number of nitrogens with zero attached hydrogens (tertiary/aromatic N) is 2. The molecular weight excluding hydrogens is 340 g/mol. The van der Waals surface area contributed by atoms with E-state index in [-0.39, 0.29) is 16.0 Å². The van der Waals surface area contributed by atoms with Crippen molar-refractivity contribution in [2.75, 3.05) is 7.11 Å². The molecule has 1 heterocycles. The first-order valence-electron chi connectivity index (χ1n) is 7.99. The van der Waals surface area contributed by atoms with Crippen LogP contribution in [-0.2, 0) is 11.2 Å². The van der Waals surface area contributed by atoms with Crippen molar-refractivity contribution in [2.24, 2.45) is 0 Å². The third-order valence-corrected chi connectivity index (χ3v) is 4.54. The second-order valence-electron chi connectivity index (χ2n) is 5.84. The Morgan fingerprint density at radius 3 is 2.64 bits per heavy atom. The van der Waals surface area contributed by atoms with Gasteiger partial charge in [0.15, 0.2) is 0 Å². The fraction of sp³-hybridized carbons (Fsp3) is 0.389. The van der Waals surface area contributed by atoms with Crippen molar-refractivity contribution in [1.82, 2.24) is 10.2 Å². The van der Waals surface area contributed by atoms with Gasteiger partial charge in [-0.1, -0.05) is 20.8 Å². The molecule has 7 heteroatoms. The van der Waals surface area contributed by atoms with E-state index in [2.05, 4.69) is 24.0 Å². The number of aliphatic carboxylic acids is 1. The van der Waals surface area contributed by atoms with Crippen molar-refractivity contribution >= 4 is 23.8 Å². The zero-order chi connectivity index (χ0) is 18.6. The zero-order valence-electron chi connectivity index (χ0n) is 15.0. The average Bonchev–Trinajstić information content (AvgIpc) is 3.02. The summed E-state index contributed by atoms with van der Waals surface area (Å²) in [7, 11) is 1.63. The normalized spacial score (nSPS) is 11.8. The molecule has 0 aliphatic carbocycles. The second-order valence-corrected chi connectivity index (χ2v) is 6.83. The maximum atomic E-state index is 11.6. The van der Waals surface area contributed by atoms with Crippen molar-refractivity contribution in [3.63, 3.8) is 0 Å². The van der Waals surface area contributed by atoms with E-state index < -0.39 is 5.97 Å². The van der Waals surface area contributed by atoms with Gasteiger partial charge < -0.3 is 14.3 Å². The van der Waals surface area contributed by atoms with Gasteiger partial charge in [0.2, 0.25) is 5.89 Å². The van der Waals surface area contributed by atoms with E-state index >= 15 is 0 Å². The van der Waals surface area contributed by atoms with Gasteiger partial charge in [-0.25, -0.2) is 4.79 Å². The van der Waals surface area contributed by atoms with Crippen molar-refractivity contribution in [1.29, 1.82) is 0 Å². The van der Waals surface area contributed by atoms with Gasteiger partial charge in [-0.05, 0) is 59.5 Å². The highest BCUT2D eigenvalue weighted by atomic mass is 32.2. The molecule has 25 heavy (non-hydrogen) atoms. The van der Waals surface area contributed by atoms with Crippen LogP contribution in [0.15, 0.2) is 26.7 Å². The highest BCUT2D eigenvalue weighted by Gasteiger charge is 2.17. The van der Waals surface area contributed by atoms with E-state index in [4.69, 9.17) is 9.15 Å². The fourth-order valence-electron chi connectivity index (χ4n) is 2.29. The van der Waals surface area contributed by atoms with Crippen LogP contribution >= 0.6 is 11.8 Å². The van der Waals surface area contributed by atoms with Crippen molar-refractivity contribution in [3.05, 3.63) is 39.6 Å². The summed E-state index contributed by atoms with van der Waals surface area (Å²) in [6.07, 6.45) is 2.23. The summed E-state index contributed by atoms with van der Waals surface area (Å²) >= 11 is 0.951. The van der Waals surface area contributed by atoms with Crippen LogP contribution in [0.2, 0.25) is 0 Å². The van der Waals surface area contributed by atoms with Gasteiger partial charge in [0, 0.05) is 6.42 Å². The highest BCUT2D eigenvalue weighted by Crippen LogP contribution is 2.33. The van der Waals surface area contributed by atoms with E-state index in [0.717, 1.165) is 34.2 Å². The van der Waals surface area contributed by atoms with Crippen LogP contribution in [0.3, 0.4) is 0 Å².